The third-order valence-corrected chi connectivity index (χ3v) is 5.74. The normalized spacial score (nSPS) is 11.5. The van der Waals surface area contributed by atoms with Crippen molar-refractivity contribution in [3.63, 3.8) is 0 Å². The van der Waals surface area contributed by atoms with Gasteiger partial charge in [-0.3, -0.25) is 4.72 Å². The molecular weight excluding hydrogens is 434 g/mol. The summed E-state index contributed by atoms with van der Waals surface area (Å²) in [6.07, 6.45) is 0. The predicted octanol–water partition coefficient (Wildman–Crippen LogP) is 3.99. The van der Waals surface area contributed by atoms with E-state index in [1.54, 1.807) is 13.0 Å². The summed E-state index contributed by atoms with van der Waals surface area (Å²) in [7, 11) is -4.05. The highest BCUT2D eigenvalue weighted by molar-refractivity contribution is 9.11. The van der Waals surface area contributed by atoms with Crippen LogP contribution in [0.5, 0.6) is 0 Å². The average Bonchev–Trinajstić information content (AvgIpc) is 2.37. The van der Waals surface area contributed by atoms with Gasteiger partial charge in [0, 0.05) is 8.95 Å². The monoisotopic (exact) mass is 440 g/mol. The molecule has 0 spiro atoms. The second kappa shape index (κ2) is 5.98. The summed E-state index contributed by atoms with van der Waals surface area (Å²) in [5, 5.41) is 0. The Morgan fingerprint density at radius 3 is 2.43 bits per heavy atom. The molecule has 2 aromatic rings. The van der Waals surface area contributed by atoms with Crippen LogP contribution < -0.4 is 4.72 Å². The number of hydrogen-bond acceptors (Lipinski definition) is 3. The fraction of sp³-hybridized carbons (Fsp3) is 0.0833. The Kier molecular flexibility index (Phi) is 4.64. The van der Waals surface area contributed by atoms with E-state index in [9.17, 15) is 17.2 Å². The van der Waals surface area contributed by atoms with Crippen LogP contribution in [0, 0.1) is 18.8 Å². The maximum atomic E-state index is 13.4. The van der Waals surface area contributed by atoms with Gasteiger partial charge in [-0.25, -0.2) is 8.42 Å². The van der Waals surface area contributed by atoms with E-state index in [1.807, 2.05) is 4.72 Å². The van der Waals surface area contributed by atoms with Crippen LogP contribution in [-0.2, 0) is 10.0 Å². The lowest BCUT2D eigenvalue weighted by Gasteiger charge is -2.11. The molecule has 1 heterocycles. The number of hydrogen-bond donors (Lipinski definition) is 1. The van der Waals surface area contributed by atoms with Crippen molar-refractivity contribution in [3.8, 4) is 0 Å². The lowest BCUT2D eigenvalue weighted by atomic mass is 10.2. The van der Waals surface area contributed by atoms with E-state index in [-0.39, 0.29) is 4.90 Å². The Balaban J connectivity index is 2.46. The number of benzene rings is 1. The van der Waals surface area contributed by atoms with Crippen molar-refractivity contribution in [1.29, 1.82) is 0 Å². The fourth-order valence-electron chi connectivity index (χ4n) is 1.52. The molecule has 112 valence electrons. The molecule has 4 nitrogen and oxygen atoms in total. The molecule has 0 unspecified atom stereocenters. The molecule has 21 heavy (non-hydrogen) atoms. The van der Waals surface area contributed by atoms with E-state index in [4.69, 9.17) is 0 Å². The molecule has 0 aliphatic rings. The number of halogens is 4. The number of aromatic nitrogens is 1. The van der Waals surface area contributed by atoms with Gasteiger partial charge in [0.1, 0.15) is 10.6 Å². The Morgan fingerprint density at radius 2 is 1.81 bits per heavy atom. The van der Waals surface area contributed by atoms with E-state index in [0.717, 1.165) is 17.7 Å². The Morgan fingerprint density at radius 1 is 1.14 bits per heavy atom. The lowest BCUT2D eigenvalue weighted by molar-refractivity contribution is 0.515. The van der Waals surface area contributed by atoms with Crippen molar-refractivity contribution >= 4 is 47.6 Å². The summed E-state index contributed by atoms with van der Waals surface area (Å²) < 4.78 is 53.7. The highest BCUT2D eigenvalue weighted by Crippen LogP contribution is 2.30. The van der Waals surface area contributed by atoms with Gasteiger partial charge < -0.3 is 0 Å². The Bertz CT molecular complexity index is 813. The van der Waals surface area contributed by atoms with Crippen molar-refractivity contribution in [1.82, 2.24) is 4.98 Å². The second-order valence-electron chi connectivity index (χ2n) is 4.11. The van der Waals surface area contributed by atoms with Crippen LogP contribution in [-0.4, -0.2) is 13.4 Å². The highest BCUT2D eigenvalue weighted by Gasteiger charge is 2.21. The van der Waals surface area contributed by atoms with Gasteiger partial charge in [0.05, 0.1) is 0 Å². The molecule has 9 heteroatoms. The number of nitrogens with one attached hydrogen (secondary N) is 1. The standard InChI is InChI=1S/C12H8Br2F2N2O2S/c1-6-4-8(14)10(5-7(6)13)21(19,20)18-9-2-3-11(15)17-12(9)16/h2-5,18H,1H3. The molecule has 1 N–H and O–H groups in total. The first-order valence-electron chi connectivity index (χ1n) is 5.51. The van der Waals surface area contributed by atoms with E-state index in [0.29, 0.717) is 8.95 Å². The molecular formula is C12H8Br2F2N2O2S. The SMILES string of the molecule is Cc1cc(Br)c(S(=O)(=O)Nc2ccc(F)nc2F)cc1Br. The minimum atomic E-state index is -4.05. The van der Waals surface area contributed by atoms with Crippen molar-refractivity contribution in [2.45, 2.75) is 11.8 Å². The molecule has 1 aromatic heterocycles. The number of rotatable bonds is 3. The molecule has 0 saturated carbocycles. The van der Waals surface area contributed by atoms with E-state index in [2.05, 4.69) is 36.8 Å². The van der Waals surface area contributed by atoms with Crippen molar-refractivity contribution in [2.24, 2.45) is 0 Å². The maximum absolute atomic E-state index is 13.4. The minimum Gasteiger partial charge on any atom is -0.275 e. The molecule has 0 fully saturated rings. The van der Waals surface area contributed by atoms with Crippen LogP contribution in [0.15, 0.2) is 38.1 Å². The van der Waals surface area contributed by atoms with Crippen molar-refractivity contribution in [2.75, 3.05) is 4.72 Å². The average molecular weight is 442 g/mol. The maximum Gasteiger partial charge on any atom is 0.263 e. The number of anilines is 1. The summed E-state index contributed by atoms with van der Waals surface area (Å²) in [4.78, 5) is 2.84. The van der Waals surface area contributed by atoms with E-state index in [1.165, 1.54) is 6.07 Å². The first-order chi connectivity index (χ1) is 9.70. The van der Waals surface area contributed by atoms with Gasteiger partial charge in [0.2, 0.25) is 11.9 Å². The quantitative estimate of drug-likeness (QED) is 0.732. The molecule has 0 radical (unpaired) electrons. The molecule has 0 aliphatic heterocycles. The molecule has 1 aromatic carbocycles. The van der Waals surface area contributed by atoms with Gasteiger partial charge in [-0.05, 0) is 52.7 Å². The fourth-order valence-corrected chi connectivity index (χ4v) is 4.25. The first kappa shape index (κ1) is 16.3. The van der Waals surface area contributed by atoms with Crippen LogP contribution in [0.1, 0.15) is 5.56 Å². The van der Waals surface area contributed by atoms with Gasteiger partial charge in [0.15, 0.2) is 0 Å². The van der Waals surface area contributed by atoms with Gasteiger partial charge in [-0.1, -0.05) is 15.9 Å². The number of aryl methyl sites for hydroxylation is 1. The molecule has 0 aliphatic carbocycles. The van der Waals surface area contributed by atoms with Crippen LogP contribution in [0.25, 0.3) is 0 Å². The molecule has 0 atom stereocenters. The minimum absolute atomic E-state index is 0.0799. The zero-order valence-electron chi connectivity index (χ0n) is 10.5. The Labute approximate surface area is 136 Å². The van der Waals surface area contributed by atoms with E-state index < -0.39 is 27.6 Å². The lowest BCUT2D eigenvalue weighted by Crippen LogP contribution is -2.15. The summed E-state index contributed by atoms with van der Waals surface area (Å²) in [6, 6.07) is 4.82. The van der Waals surface area contributed by atoms with Gasteiger partial charge >= 0.3 is 0 Å². The second-order valence-corrected chi connectivity index (χ2v) is 7.47. The smallest absolute Gasteiger partial charge is 0.263 e. The van der Waals surface area contributed by atoms with Crippen LogP contribution in [0.4, 0.5) is 14.5 Å². The summed E-state index contributed by atoms with van der Waals surface area (Å²) >= 11 is 6.38. The zero-order valence-corrected chi connectivity index (χ0v) is 14.5. The van der Waals surface area contributed by atoms with Gasteiger partial charge in [-0.2, -0.15) is 13.8 Å². The number of pyridine rings is 1. The predicted molar refractivity (Wildman–Crippen MR) is 81.5 cm³/mol. The zero-order chi connectivity index (χ0) is 15.8. The van der Waals surface area contributed by atoms with E-state index >= 15 is 0 Å². The molecule has 0 saturated heterocycles. The van der Waals surface area contributed by atoms with Crippen LogP contribution in [0.2, 0.25) is 0 Å². The summed E-state index contributed by atoms with van der Waals surface area (Å²) in [5.41, 5.74) is 0.399. The van der Waals surface area contributed by atoms with Gasteiger partial charge in [0.25, 0.3) is 10.0 Å². The third kappa shape index (κ3) is 3.58. The van der Waals surface area contributed by atoms with Crippen molar-refractivity contribution < 1.29 is 17.2 Å². The molecule has 0 amide bonds. The number of sulfonamides is 1. The topological polar surface area (TPSA) is 59.1 Å². The molecule has 0 bridgehead atoms. The van der Waals surface area contributed by atoms with Crippen LogP contribution >= 0.6 is 31.9 Å². The number of nitrogens with zero attached hydrogens (tertiary/aromatic N) is 1. The van der Waals surface area contributed by atoms with Gasteiger partial charge in [-0.15, -0.1) is 0 Å². The molecule has 2 rings (SSSR count). The van der Waals surface area contributed by atoms with Crippen molar-refractivity contribution in [3.05, 3.63) is 50.7 Å². The highest BCUT2D eigenvalue weighted by atomic mass is 79.9. The third-order valence-electron chi connectivity index (χ3n) is 2.56. The largest absolute Gasteiger partial charge is 0.275 e. The summed E-state index contributed by atoms with van der Waals surface area (Å²) in [6.45, 7) is 1.79. The Hall–Kier alpha value is -1.06. The summed E-state index contributed by atoms with van der Waals surface area (Å²) in [5.74, 6) is -2.27. The van der Waals surface area contributed by atoms with Crippen LogP contribution in [0.3, 0.4) is 0 Å². The first-order valence-corrected chi connectivity index (χ1v) is 8.58.